The Bertz CT molecular complexity index is 580. The van der Waals surface area contributed by atoms with Gasteiger partial charge in [0.25, 0.3) is 0 Å². The van der Waals surface area contributed by atoms with Crippen LogP contribution < -0.4 is 10.6 Å². The number of nitrogens with zero attached hydrogens (tertiary/aromatic N) is 2. The molecule has 1 unspecified atom stereocenters. The lowest BCUT2D eigenvalue weighted by molar-refractivity contribution is 0.101. The van der Waals surface area contributed by atoms with E-state index in [-0.39, 0.29) is 6.61 Å². The van der Waals surface area contributed by atoms with E-state index in [2.05, 4.69) is 0 Å². The summed E-state index contributed by atoms with van der Waals surface area (Å²) in [5, 5.41) is 18.6. The van der Waals surface area contributed by atoms with Gasteiger partial charge in [-0.3, -0.25) is 0 Å². The van der Waals surface area contributed by atoms with Crippen LogP contribution in [0.15, 0.2) is 36.7 Å². The first kappa shape index (κ1) is 14.4. The minimum Gasteiger partial charge on any atom is -0.399 e. The predicted octanol–water partition coefficient (Wildman–Crippen LogP) is 1.06. The molecule has 1 aromatic carbocycles. The molecule has 0 radical (unpaired) electrons. The molecule has 0 spiro atoms. The van der Waals surface area contributed by atoms with Crippen LogP contribution in [0.4, 0.5) is 11.4 Å². The van der Waals surface area contributed by atoms with Crippen LogP contribution in [0.2, 0.25) is 0 Å². The Labute approximate surface area is 118 Å². The molecule has 1 aromatic heterocycles. The number of hydrogen-bond donors (Lipinski definition) is 3. The van der Waals surface area contributed by atoms with Crippen molar-refractivity contribution in [1.82, 2.24) is 4.57 Å². The average molecular weight is 275 g/mol. The smallest absolute Gasteiger partial charge is 0.0945 e. The van der Waals surface area contributed by atoms with E-state index in [4.69, 9.17) is 10.8 Å². The van der Waals surface area contributed by atoms with Crippen LogP contribution in [0.25, 0.3) is 11.1 Å². The number of aliphatic hydroxyl groups is 2. The van der Waals surface area contributed by atoms with E-state index in [1.54, 1.807) is 0 Å². The summed E-state index contributed by atoms with van der Waals surface area (Å²) in [6.45, 7) is 0.111. The van der Waals surface area contributed by atoms with E-state index in [0.717, 1.165) is 16.8 Å². The third-order valence-corrected chi connectivity index (χ3v) is 3.27. The first-order valence-corrected chi connectivity index (χ1v) is 6.53. The molecule has 1 atom stereocenters. The summed E-state index contributed by atoms with van der Waals surface area (Å²) in [6, 6.07) is 7.71. The highest BCUT2D eigenvalue weighted by atomic mass is 16.3. The van der Waals surface area contributed by atoms with Crippen molar-refractivity contribution >= 4 is 11.4 Å². The van der Waals surface area contributed by atoms with Crippen molar-refractivity contribution in [3.8, 4) is 11.1 Å². The van der Waals surface area contributed by atoms with Crippen LogP contribution in [-0.2, 0) is 7.05 Å². The van der Waals surface area contributed by atoms with E-state index >= 15 is 0 Å². The van der Waals surface area contributed by atoms with Gasteiger partial charge in [0.05, 0.1) is 12.7 Å². The molecule has 0 aliphatic heterocycles. The third kappa shape index (κ3) is 3.12. The SMILES string of the molecule is CN(CC(O)CO)c1ccc(N)cc1-c1ccn(C)c1. The zero-order chi connectivity index (χ0) is 14.7. The summed E-state index contributed by atoms with van der Waals surface area (Å²) in [5.41, 5.74) is 9.63. The second-order valence-electron chi connectivity index (χ2n) is 5.06. The molecular weight excluding hydrogens is 254 g/mol. The van der Waals surface area contributed by atoms with Gasteiger partial charge in [0.2, 0.25) is 0 Å². The Balaban J connectivity index is 2.38. The summed E-state index contributed by atoms with van der Waals surface area (Å²) in [6.07, 6.45) is 3.24. The lowest BCUT2D eigenvalue weighted by Crippen LogP contribution is -2.31. The maximum absolute atomic E-state index is 9.59. The largest absolute Gasteiger partial charge is 0.399 e. The number of nitrogens with two attached hydrogens (primary N) is 1. The first-order valence-electron chi connectivity index (χ1n) is 6.53. The van der Waals surface area contributed by atoms with Gasteiger partial charge in [-0.15, -0.1) is 0 Å². The van der Waals surface area contributed by atoms with Crippen molar-refractivity contribution in [3.05, 3.63) is 36.7 Å². The molecule has 5 heteroatoms. The van der Waals surface area contributed by atoms with Crippen LogP contribution in [-0.4, -0.2) is 41.1 Å². The Morgan fingerprint density at radius 1 is 1.35 bits per heavy atom. The lowest BCUT2D eigenvalue weighted by Gasteiger charge is -2.24. The highest BCUT2D eigenvalue weighted by molar-refractivity contribution is 5.81. The van der Waals surface area contributed by atoms with Crippen molar-refractivity contribution < 1.29 is 10.2 Å². The molecule has 0 aliphatic carbocycles. The minimum absolute atomic E-state index is 0.250. The Hall–Kier alpha value is -1.98. The maximum atomic E-state index is 9.59. The van der Waals surface area contributed by atoms with E-state index in [1.165, 1.54) is 0 Å². The van der Waals surface area contributed by atoms with Crippen LogP contribution in [0.3, 0.4) is 0 Å². The number of aliphatic hydroxyl groups excluding tert-OH is 2. The molecule has 2 rings (SSSR count). The van der Waals surface area contributed by atoms with E-state index in [0.29, 0.717) is 12.2 Å². The molecule has 0 bridgehead atoms. The maximum Gasteiger partial charge on any atom is 0.0945 e. The minimum atomic E-state index is -0.763. The van der Waals surface area contributed by atoms with E-state index < -0.39 is 6.10 Å². The van der Waals surface area contributed by atoms with Crippen LogP contribution in [0.5, 0.6) is 0 Å². The summed E-state index contributed by atoms with van der Waals surface area (Å²) in [4.78, 5) is 1.92. The van der Waals surface area contributed by atoms with Gasteiger partial charge in [0.15, 0.2) is 0 Å². The molecule has 20 heavy (non-hydrogen) atoms. The predicted molar refractivity (Wildman–Crippen MR) is 81.6 cm³/mol. The summed E-state index contributed by atoms with van der Waals surface area (Å²) in [7, 11) is 3.85. The van der Waals surface area contributed by atoms with Crippen molar-refractivity contribution in [2.24, 2.45) is 7.05 Å². The van der Waals surface area contributed by atoms with Crippen molar-refractivity contribution in [1.29, 1.82) is 0 Å². The fourth-order valence-corrected chi connectivity index (χ4v) is 2.25. The number of rotatable bonds is 5. The molecule has 0 aliphatic rings. The summed E-state index contributed by atoms with van der Waals surface area (Å²) >= 11 is 0. The third-order valence-electron chi connectivity index (χ3n) is 3.27. The van der Waals surface area contributed by atoms with Crippen LogP contribution in [0.1, 0.15) is 0 Å². The lowest BCUT2D eigenvalue weighted by atomic mass is 10.0. The number of hydrogen-bond acceptors (Lipinski definition) is 4. The Morgan fingerprint density at radius 2 is 2.10 bits per heavy atom. The topological polar surface area (TPSA) is 74.7 Å². The average Bonchev–Trinajstić information content (AvgIpc) is 2.84. The van der Waals surface area contributed by atoms with Gasteiger partial charge in [0, 0.05) is 55.5 Å². The summed E-state index contributed by atoms with van der Waals surface area (Å²) in [5.74, 6) is 0. The molecule has 4 N–H and O–H groups in total. The Kier molecular flexibility index (Phi) is 4.32. The van der Waals surface area contributed by atoms with Gasteiger partial charge in [-0.25, -0.2) is 0 Å². The molecule has 0 amide bonds. The fraction of sp³-hybridized carbons (Fsp3) is 0.333. The molecule has 2 aromatic rings. The first-order chi connectivity index (χ1) is 9.51. The van der Waals surface area contributed by atoms with Gasteiger partial charge in [-0.1, -0.05) is 0 Å². The van der Waals surface area contributed by atoms with Crippen molar-refractivity contribution in [3.63, 3.8) is 0 Å². The number of anilines is 2. The van der Waals surface area contributed by atoms with Crippen molar-refractivity contribution in [2.45, 2.75) is 6.10 Å². The molecule has 5 nitrogen and oxygen atoms in total. The van der Waals surface area contributed by atoms with Gasteiger partial charge in [-0.2, -0.15) is 0 Å². The molecule has 0 fully saturated rings. The van der Waals surface area contributed by atoms with Crippen LogP contribution in [0, 0.1) is 0 Å². The second kappa shape index (κ2) is 5.98. The van der Waals surface area contributed by atoms with Crippen molar-refractivity contribution in [2.75, 3.05) is 30.8 Å². The Morgan fingerprint density at radius 3 is 2.70 bits per heavy atom. The number of likely N-dealkylation sites (N-methyl/N-ethyl adjacent to an activating group) is 1. The van der Waals surface area contributed by atoms with Gasteiger partial charge in [0.1, 0.15) is 0 Å². The van der Waals surface area contributed by atoms with Gasteiger partial charge < -0.3 is 25.4 Å². The van der Waals surface area contributed by atoms with Gasteiger partial charge >= 0.3 is 0 Å². The molecule has 108 valence electrons. The van der Waals surface area contributed by atoms with Gasteiger partial charge in [-0.05, 0) is 24.3 Å². The van der Waals surface area contributed by atoms with E-state index in [9.17, 15) is 5.11 Å². The highest BCUT2D eigenvalue weighted by Crippen LogP contribution is 2.32. The zero-order valence-corrected chi connectivity index (χ0v) is 11.8. The number of aromatic nitrogens is 1. The molecule has 0 saturated carbocycles. The monoisotopic (exact) mass is 275 g/mol. The van der Waals surface area contributed by atoms with E-state index in [1.807, 2.05) is 60.2 Å². The van der Waals surface area contributed by atoms with Crippen LogP contribution >= 0.6 is 0 Å². The fourth-order valence-electron chi connectivity index (χ4n) is 2.25. The number of aryl methyl sites for hydroxylation is 1. The standard InChI is InChI=1S/C15H21N3O2/c1-17-6-5-11(8-17)14-7-12(16)3-4-15(14)18(2)9-13(20)10-19/h3-8,13,19-20H,9-10,16H2,1-2H3. The normalized spacial score (nSPS) is 12.4. The quantitative estimate of drug-likeness (QED) is 0.713. The number of benzene rings is 1. The molecule has 1 heterocycles. The number of nitrogen functional groups attached to an aromatic ring is 1. The highest BCUT2D eigenvalue weighted by Gasteiger charge is 2.13. The summed E-state index contributed by atoms with van der Waals surface area (Å²) < 4.78 is 1.98. The second-order valence-corrected chi connectivity index (χ2v) is 5.06. The molecule has 0 saturated heterocycles. The zero-order valence-electron chi connectivity index (χ0n) is 11.8. The molecular formula is C15H21N3O2.